The molecule has 5 heterocycles. The second-order valence-electron chi connectivity index (χ2n) is 6.39. The van der Waals surface area contributed by atoms with Crippen molar-refractivity contribution in [2.45, 2.75) is 24.5 Å². The molecule has 1 aliphatic rings. The summed E-state index contributed by atoms with van der Waals surface area (Å²) < 4.78 is 12.9. The zero-order valence-electron chi connectivity index (χ0n) is 14.0. The van der Waals surface area contributed by atoms with Crippen molar-refractivity contribution in [2.75, 3.05) is 6.61 Å². The number of hydrogen-bond donors (Lipinski definition) is 3. The van der Waals surface area contributed by atoms with Gasteiger partial charge in [-0.1, -0.05) is 0 Å². The van der Waals surface area contributed by atoms with Crippen molar-refractivity contribution in [2.24, 2.45) is 0 Å². The van der Waals surface area contributed by atoms with E-state index in [0.29, 0.717) is 22.6 Å². The number of nitrogens with zero attached hydrogens (tertiary/aromatic N) is 4. The third-order valence-electron chi connectivity index (χ3n) is 4.91. The van der Waals surface area contributed by atoms with Gasteiger partial charge in [-0.05, 0) is 18.2 Å². The Morgan fingerprint density at radius 2 is 2.04 bits per heavy atom. The summed E-state index contributed by atoms with van der Waals surface area (Å²) in [6.07, 6.45) is 2.00. The minimum absolute atomic E-state index is 0.406. The predicted octanol–water partition coefficient (Wildman–Crippen LogP) is 0.851. The molecule has 27 heavy (non-hydrogen) atoms. The summed E-state index contributed by atoms with van der Waals surface area (Å²) in [5.41, 5.74) is 1.77. The second-order valence-corrected chi connectivity index (χ2v) is 6.39. The summed E-state index contributed by atoms with van der Waals surface area (Å²) in [5, 5.41) is 31.6. The molecular formula is C18H16N4O5. The Hall–Kier alpha value is -2.85. The van der Waals surface area contributed by atoms with Crippen LogP contribution in [0.5, 0.6) is 0 Å². The lowest BCUT2D eigenvalue weighted by Crippen LogP contribution is -2.33. The highest BCUT2D eigenvalue weighted by molar-refractivity contribution is 6.11. The van der Waals surface area contributed by atoms with Crippen LogP contribution in [0.4, 0.5) is 0 Å². The van der Waals surface area contributed by atoms with Crippen molar-refractivity contribution >= 4 is 21.9 Å². The number of aliphatic hydroxyl groups excluding tert-OH is 3. The number of pyridine rings is 1. The fourth-order valence-electron chi connectivity index (χ4n) is 3.66. The smallest absolute Gasteiger partial charge is 0.165 e. The third kappa shape index (κ3) is 2.30. The zero-order chi connectivity index (χ0) is 18.5. The molecule has 0 amide bonds. The monoisotopic (exact) mass is 368 g/mol. The molecule has 4 atom stereocenters. The highest BCUT2D eigenvalue weighted by Gasteiger charge is 2.44. The molecule has 5 rings (SSSR count). The number of fused-ring (bicyclic) bond motifs is 3. The number of aromatic nitrogens is 4. The standard InChI is InChI=1S/C18H16N4O5/c23-7-12-15(24)16(25)18(27-12)22-10-6-19-4-3-9(10)13-14(11-2-1-5-26-11)20-8-21-17(13)22/h1-6,8,12,15-16,18,23-25H,7H2/t12?,15-,16-,18-/m1/s1. The SMILES string of the molecule is OCC1O[C@@H](n2c3cnccc3c3c(-c4ccco4)ncnc32)[C@H](O)[C@@H]1O. The maximum Gasteiger partial charge on any atom is 0.165 e. The molecule has 4 aromatic heterocycles. The van der Waals surface area contributed by atoms with Crippen LogP contribution in [0.3, 0.4) is 0 Å². The first kappa shape index (κ1) is 16.3. The van der Waals surface area contributed by atoms with E-state index >= 15 is 0 Å². The average molecular weight is 368 g/mol. The number of furan rings is 1. The molecule has 1 fully saturated rings. The van der Waals surface area contributed by atoms with E-state index in [4.69, 9.17) is 9.15 Å². The molecule has 4 aromatic rings. The van der Waals surface area contributed by atoms with Gasteiger partial charge in [0.15, 0.2) is 12.0 Å². The first-order valence-electron chi connectivity index (χ1n) is 8.45. The van der Waals surface area contributed by atoms with Gasteiger partial charge in [-0.3, -0.25) is 9.55 Å². The van der Waals surface area contributed by atoms with Crippen LogP contribution in [0.15, 0.2) is 47.6 Å². The summed E-state index contributed by atoms with van der Waals surface area (Å²) in [5.74, 6) is 0.583. The average Bonchev–Trinajstić information content (AvgIpc) is 3.40. The largest absolute Gasteiger partial charge is 0.463 e. The molecule has 0 spiro atoms. The molecular weight excluding hydrogens is 352 g/mol. The van der Waals surface area contributed by atoms with Gasteiger partial charge in [0.05, 0.1) is 30.0 Å². The van der Waals surface area contributed by atoms with Gasteiger partial charge in [-0.15, -0.1) is 0 Å². The Kier molecular flexibility index (Phi) is 3.69. The van der Waals surface area contributed by atoms with Gasteiger partial charge in [0, 0.05) is 11.6 Å². The molecule has 138 valence electrons. The van der Waals surface area contributed by atoms with Crippen LogP contribution in [0.2, 0.25) is 0 Å². The summed E-state index contributed by atoms with van der Waals surface area (Å²) in [7, 11) is 0. The van der Waals surface area contributed by atoms with Crippen molar-refractivity contribution < 1.29 is 24.5 Å². The van der Waals surface area contributed by atoms with Crippen molar-refractivity contribution in [3.63, 3.8) is 0 Å². The van der Waals surface area contributed by atoms with E-state index in [-0.39, 0.29) is 0 Å². The van der Waals surface area contributed by atoms with Crippen LogP contribution in [-0.4, -0.2) is 59.8 Å². The summed E-state index contributed by atoms with van der Waals surface area (Å²) in [6.45, 7) is -0.406. The Bertz CT molecular complexity index is 1110. The third-order valence-corrected chi connectivity index (χ3v) is 4.91. The Morgan fingerprint density at radius 3 is 2.78 bits per heavy atom. The summed E-state index contributed by atoms with van der Waals surface area (Å²) >= 11 is 0. The Labute approximate surface area is 152 Å². The second kappa shape index (κ2) is 6.10. The Morgan fingerprint density at radius 1 is 1.15 bits per heavy atom. The predicted molar refractivity (Wildman–Crippen MR) is 93.5 cm³/mol. The van der Waals surface area contributed by atoms with E-state index in [0.717, 1.165) is 10.8 Å². The first-order valence-corrected chi connectivity index (χ1v) is 8.45. The molecule has 1 saturated heterocycles. The van der Waals surface area contributed by atoms with Gasteiger partial charge in [0.2, 0.25) is 0 Å². The molecule has 0 saturated carbocycles. The normalized spacial score (nSPS) is 25.6. The van der Waals surface area contributed by atoms with Crippen molar-refractivity contribution in [3.05, 3.63) is 43.2 Å². The van der Waals surface area contributed by atoms with Crippen LogP contribution in [0.1, 0.15) is 6.23 Å². The molecule has 0 aliphatic carbocycles. The van der Waals surface area contributed by atoms with E-state index in [2.05, 4.69) is 15.0 Å². The highest BCUT2D eigenvalue weighted by atomic mass is 16.6. The van der Waals surface area contributed by atoms with Gasteiger partial charge in [-0.2, -0.15) is 0 Å². The van der Waals surface area contributed by atoms with E-state index in [1.54, 1.807) is 35.4 Å². The molecule has 0 bridgehead atoms. The van der Waals surface area contributed by atoms with Crippen molar-refractivity contribution in [3.8, 4) is 11.5 Å². The molecule has 1 unspecified atom stereocenters. The molecule has 3 N–H and O–H groups in total. The number of rotatable bonds is 3. The summed E-state index contributed by atoms with van der Waals surface area (Å²) in [4.78, 5) is 12.9. The molecule has 9 heteroatoms. The van der Waals surface area contributed by atoms with Crippen molar-refractivity contribution in [1.82, 2.24) is 19.5 Å². The van der Waals surface area contributed by atoms with E-state index in [9.17, 15) is 15.3 Å². The quantitative estimate of drug-likeness (QED) is 0.486. The maximum atomic E-state index is 10.5. The minimum Gasteiger partial charge on any atom is -0.463 e. The van der Waals surface area contributed by atoms with E-state index < -0.39 is 31.1 Å². The molecule has 0 aromatic carbocycles. The van der Waals surface area contributed by atoms with Crippen LogP contribution >= 0.6 is 0 Å². The van der Waals surface area contributed by atoms with Gasteiger partial charge in [-0.25, -0.2) is 9.97 Å². The van der Waals surface area contributed by atoms with E-state index in [1.165, 1.54) is 6.33 Å². The fraction of sp³-hybridized carbons (Fsp3) is 0.278. The van der Waals surface area contributed by atoms with Crippen LogP contribution in [0, 0.1) is 0 Å². The Balaban J connectivity index is 1.82. The minimum atomic E-state index is -1.23. The number of aliphatic hydroxyl groups is 3. The molecule has 1 aliphatic heterocycles. The number of ether oxygens (including phenoxy) is 1. The van der Waals surface area contributed by atoms with Gasteiger partial charge in [0.1, 0.15) is 36.0 Å². The zero-order valence-corrected chi connectivity index (χ0v) is 14.0. The first-order chi connectivity index (χ1) is 13.2. The van der Waals surface area contributed by atoms with Crippen LogP contribution in [-0.2, 0) is 4.74 Å². The lowest BCUT2D eigenvalue weighted by atomic mass is 10.1. The number of hydrogen-bond acceptors (Lipinski definition) is 8. The van der Waals surface area contributed by atoms with Gasteiger partial charge in [0.25, 0.3) is 0 Å². The maximum absolute atomic E-state index is 10.5. The fourth-order valence-corrected chi connectivity index (χ4v) is 3.66. The topological polar surface area (TPSA) is 127 Å². The lowest BCUT2D eigenvalue weighted by molar-refractivity contribution is -0.0490. The van der Waals surface area contributed by atoms with E-state index in [1.807, 2.05) is 6.07 Å². The van der Waals surface area contributed by atoms with Crippen LogP contribution in [0.25, 0.3) is 33.4 Å². The van der Waals surface area contributed by atoms with Gasteiger partial charge >= 0.3 is 0 Å². The molecule has 9 nitrogen and oxygen atoms in total. The highest BCUT2D eigenvalue weighted by Crippen LogP contribution is 2.39. The van der Waals surface area contributed by atoms with Crippen molar-refractivity contribution in [1.29, 1.82) is 0 Å². The summed E-state index contributed by atoms with van der Waals surface area (Å²) in [6, 6.07) is 5.40. The van der Waals surface area contributed by atoms with Crippen LogP contribution < -0.4 is 0 Å². The van der Waals surface area contributed by atoms with Gasteiger partial charge < -0.3 is 24.5 Å². The lowest BCUT2D eigenvalue weighted by Gasteiger charge is -2.18. The molecule has 0 radical (unpaired) electrons.